The van der Waals surface area contributed by atoms with Crippen LogP contribution >= 0.6 is 23.1 Å². The van der Waals surface area contributed by atoms with Gasteiger partial charge in [-0.3, -0.25) is 4.79 Å². The molecule has 162 valence electrons. The molecular weight excluding hydrogens is 428 g/mol. The van der Waals surface area contributed by atoms with E-state index in [9.17, 15) is 18.3 Å². The van der Waals surface area contributed by atoms with Crippen LogP contribution in [0.4, 0.5) is 0 Å². The molecular formula is C20H30N2O4S3. The Balaban J connectivity index is 2.04. The van der Waals surface area contributed by atoms with E-state index in [0.29, 0.717) is 0 Å². The number of unbranched alkanes of at least 4 members (excludes halogenated alkanes) is 5. The van der Waals surface area contributed by atoms with Crippen LogP contribution in [0.1, 0.15) is 65.7 Å². The number of benzene rings is 1. The average Bonchev–Trinajstić information content (AvgIpc) is 3.08. The molecule has 1 unspecified atom stereocenters. The van der Waals surface area contributed by atoms with E-state index in [4.69, 9.17) is 0 Å². The van der Waals surface area contributed by atoms with Gasteiger partial charge in [0, 0.05) is 5.75 Å². The topological polar surface area (TPSA) is 96.4 Å². The van der Waals surface area contributed by atoms with Crippen LogP contribution < -0.4 is 4.72 Å². The molecule has 0 saturated carbocycles. The number of carboxylic acids is 1. The van der Waals surface area contributed by atoms with E-state index < -0.39 is 21.5 Å². The largest absolute Gasteiger partial charge is 0.480 e. The number of hydrogen-bond acceptors (Lipinski definition) is 6. The van der Waals surface area contributed by atoms with Gasteiger partial charge in [-0.1, -0.05) is 57.7 Å². The van der Waals surface area contributed by atoms with E-state index in [0.717, 1.165) is 26.7 Å². The number of carboxylic acid groups (broad SMARTS) is 1. The molecule has 1 heterocycles. The van der Waals surface area contributed by atoms with Gasteiger partial charge in [-0.25, -0.2) is 13.4 Å². The second kappa shape index (κ2) is 10.7. The van der Waals surface area contributed by atoms with Crippen molar-refractivity contribution in [1.82, 2.24) is 9.71 Å². The van der Waals surface area contributed by atoms with Gasteiger partial charge in [0.2, 0.25) is 10.0 Å². The molecule has 0 fully saturated rings. The van der Waals surface area contributed by atoms with Crippen molar-refractivity contribution < 1.29 is 18.3 Å². The fourth-order valence-corrected chi connectivity index (χ4v) is 6.49. The van der Waals surface area contributed by atoms with Crippen LogP contribution in [0.25, 0.3) is 10.2 Å². The average molecular weight is 459 g/mol. The maximum absolute atomic E-state index is 12.7. The predicted octanol–water partition coefficient (Wildman–Crippen LogP) is 5.28. The highest BCUT2D eigenvalue weighted by atomic mass is 32.2. The highest BCUT2D eigenvalue weighted by molar-refractivity contribution is 8.01. The number of hydrogen-bond donors (Lipinski definition) is 2. The van der Waals surface area contributed by atoms with Crippen LogP contribution in [-0.2, 0) is 14.8 Å². The van der Waals surface area contributed by atoms with Gasteiger partial charge in [0.15, 0.2) is 4.34 Å². The number of nitrogens with one attached hydrogen (secondary N) is 1. The zero-order chi connectivity index (χ0) is 21.5. The van der Waals surface area contributed by atoms with E-state index in [1.807, 2.05) is 0 Å². The standard InChI is InChI=1S/C20H30N2O4S3/c1-4-6-7-8-9-10-13-27-19-21-16-12-11-15(14-17(16)28-19)29(25,26)22-20(3,5-2)18(23)24/h11-12,14,22H,4-10,13H2,1-3H3,(H,23,24). The predicted molar refractivity (Wildman–Crippen MR) is 120 cm³/mol. The third-order valence-corrected chi connectivity index (χ3v) is 8.75. The molecule has 2 N–H and O–H groups in total. The van der Waals surface area contributed by atoms with E-state index in [1.165, 1.54) is 56.4 Å². The Bertz CT molecular complexity index is 927. The van der Waals surface area contributed by atoms with Gasteiger partial charge >= 0.3 is 5.97 Å². The number of thiazole rings is 1. The lowest BCUT2D eigenvalue weighted by Gasteiger charge is -2.24. The van der Waals surface area contributed by atoms with Crippen LogP contribution in [0.5, 0.6) is 0 Å². The summed E-state index contributed by atoms with van der Waals surface area (Å²) in [6.07, 6.45) is 7.65. The van der Waals surface area contributed by atoms with Crippen molar-refractivity contribution in [1.29, 1.82) is 0 Å². The number of nitrogens with zero attached hydrogens (tertiary/aromatic N) is 1. The minimum atomic E-state index is -3.95. The first kappa shape index (κ1) is 24.1. The minimum absolute atomic E-state index is 0.0575. The molecule has 2 aromatic rings. The first-order chi connectivity index (χ1) is 13.7. The fourth-order valence-electron chi connectivity index (χ4n) is 2.78. The molecule has 0 aliphatic rings. The summed E-state index contributed by atoms with van der Waals surface area (Å²) in [7, 11) is -3.95. The highest BCUT2D eigenvalue weighted by Gasteiger charge is 2.36. The van der Waals surface area contributed by atoms with Gasteiger partial charge in [0.1, 0.15) is 5.54 Å². The van der Waals surface area contributed by atoms with Gasteiger partial charge < -0.3 is 5.11 Å². The molecule has 6 nitrogen and oxygen atoms in total. The summed E-state index contributed by atoms with van der Waals surface area (Å²) in [6, 6.07) is 4.73. The molecule has 0 saturated heterocycles. The van der Waals surface area contributed by atoms with E-state index in [-0.39, 0.29) is 11.3 Å². The van der Waals surface area contributed by atoms with Crippen molar-refractivity contribution in [3.8, 4) is 0 Å². The third-order valence-electron chi connectivity index (χ3n) is 4.91. The zero-order valence-electron chi connectivity index (χ0n) is 17.2. The molecule has 1 aromatic carbocycles. The summed E-state index contributed by atoms with van der Waals surface area (Å²) >= 11 is 3.18. The van der Waals surface area contributed by atoms with Gasteiger partial charge in [0.05, 0.1) is 15.1 Å². The maximum Gasteiger partial charge on any atom is 0.324 e. The SMILES string of the molecule is CCCCCCCCSc1nc2ccc(S(=O)(=O)NC(C)(CC)C(=O)O)cc2s1. The number of rotatable bonds is 13. The Morgan fingerprint density at radius 1 is 1.21 bits per heavy atom. The van der Waals surface area contributed by atoms with Gasteiger partial charge in [-0.2, -0.15) is 4.72 Å². The van der Waals surface area contributed by atoms with Crippen LogP contribution in [-0.4, -0.2) is 35.8 Å². The van der Waals surface area contributed by atoms with Crippen molar-refractivity contribution in [2.75, 3.05) is 5.75 Å². The fraction of sp³-hybridized carbons (Fsp3) is 0.600. The monoisotopic (exact) mass is 458 g/mol. The molecule has 1 aromatic heterocycles. The zero-order valence-corrected chi connectivity index (χ0v) is 19.7. The highest BCUT2D eigenvalue weighted by Crippen LogP contribution is 2.32. The molecule has 1 atom stereocenters. The maximum atomic E-state index is 12.7. The van der Waals surface area contributed by atoms with Crippen molar-refractivity contribution in [2.45, 2.75) is 80.5 Å². The lowest BCUT2D eigenvalue weighted by molar-refractivity contribution is -0.143. The van der Waals surface area contributed by atoms with Crippen molar-refractivity contribution in [3.05, 3.63) is 18.2 Å². The molecule has 0 aliphatic heterocycles. The number of carbonyl (C=O) groups is 1. The Kier molecular flexibility index (Phi) is 8.93. The Labute approximate surface area is 181 Å². The number of aromatic nitrogens is 1. The third kappa shape index (κ3) is 6.67. The molecule has 29 heavy (non-hydrogen) atoms. The summed E-state index contributed by atoms with van der Waals surface area (Å²) in [5, 5.41) is 9.34. The first-order valence-corrected chi connectivity index (χ1v) is 13.3. The van der Waals surface area contributed by atoms with Gasteiger partial charge in [0.25, 0.3) is 0 Å². The normalized spacial score (nSPS) is 14.2. The molecule has 0 amide bonds. The summed E-state index contributed by atoms with van der Waals surface area (Å²) in [4.78, 5) is 16.1. The van der Waals surface area contributed by atoms with E-state index >= 15 is 0 Å². The van der Waals surface area contributed by atoms with Crippen molar-refractivity contribution in [3.63, 3.8) is 0 Å². The summed E-state index contributed by atoms with van der Waals surface area (Å²) in [5.74, 6) is -0.192. The molecule has 0 radical (unpaired) electrons. The van der Waals surface area contributed by atoms with Crippen molar-refractivity contribution >= 4 is 49.3 Å². The first-order valence-electron chi connectivity index (χ1n) is 10.0. The van der Waals surface area contributed by atoms with E-state index in [1.54, 1.807) is 30.8 Å². The number of aliphatic carboxylic acids is 1. The molecule has 0 aliphatic carbocycles. The summed E-state index contributed by atoms with van der Waals surface area (Å²) in [5.41, 5.74) is -0.782. The van der Waals surface area contributed by atoms with Crippen LogP contribution in [0.15, 0.2) is 27.4 Å². The molecule has 9 heteroatoms. The lowest BCUT2D eigenvalue weighted by Crippen LogP contribution is -2.51. The van der Waals surface area contributed by atoms with Gasteiger partial charge in [-0.15, -0.1) is 11.3 Å². The molecule has 0 spiro atoms. The summed E-state index contributed by atoms with van der Waals surface area (Å²) < 4.78 is 29.4. The molecule has 2 rings (SSSR count). The summed E-state index contributed by atoms with van der Waals surface area (Å²) in [6.45, 7) is 5.22. The minimum Gasteiger partial charge on any atom is -0.480 e. The second-order valence-corrected chi connectivity index (χ2v) is 11.4. The second-order valence-electron chi connectivity index (χ2n) is 7.32. The Morgan fingerprint density at radius 3 is 2.55 bits per heavy atom. The quantitative estimate of drug-likeness (QED) is 0.313. The van der Waals surface area contributed by atoms with Crippen LogP contribution in [0.3, 0.4) is 0 Å². The van der Waals surface area contributed by atoms with Crippen LogP contribution in [0, 0.1) is 0 Å². The number of thioether (sulfide) groups is 1. The van der Waals surface area contributed by atoms with Gasteiger partial charge in [-0.05, 0) is 38.0 Å². The van der Waals surface area contributed by atoms with Crippen molar-refractivity contribution in [2.24, 2.45) is 0 Å². The molecule has 0 bridgehead atoms. The van der Waals surface area contributed by atoms with Crippen LogP contribution in [0.2, 0.25) is 0 Å². The number of fused-ring (bicyclic) bond motifs is 1. The Hall–Kier alpha value is -1.16. The number of sulfonamides is 1. The lowest BCUT2D eigenvalue weighted by atomic mass is 10.0. The Morgan fingerprint density at radius 2 is 1.90 bits per heavy atom. The van der Waals surface area contributed by atoms with E-state index in [2.05, 4.69) is 16.6 Å². The smallest absolute Gasteiger partial charge is 0.324 e.